The number of ether oxygens (including phenoxy) is 1. The first-order valence-corrected chi connectivity index (χ1v) is 11.3. The van der Waals surface area contributed by atoms with Gasteiger partial charge in [0.1, 0.15) is 5.75 Å². The van der Waals surface area contributed by atoms with Crippen molar-refractivity contribution >= 4 is 23.4 Å². The summed E-state index contributed by atoms with van der Waals surface area (Å²) < 4.78 is 5.42. The summed E-state index contributed by atoms with van der Waals surface area (Å²) in [5.41, 5.74) is 3.21. The third-order valence-corrected chi connectivity index (χ3v) is 5.81. The lowest BCUT2D eigenvalue weighted by Crippen LogP contribution is -2.29. The fraction of sp³-hybridized carbons (Fsp3) is 0.259. The predicted molar refractivity (Wildman–Crippen MR) is 131 cm³/mol. The molecular formula is C27H29N3O3. The van der Waals surface area contributed by atoms with Gasteiger partial charge in [0.25, 0.3) is 5.91 Å². The molecule has 1 fully saturated rings. The Labute approximate surface area is 194 Å². The summed E-state index contributed by atoms with van der Waals surface area (Å²) in [6, 6.07) is 23.8. The van der Waals surface area contributed by atoms with E-state index in [1.54, 1.807) is 31.3 Å². The van der Waals surface area contributed by atoms with E-state index in [4.69, 9.17) is 4.74 Å². The lowest BCUT2D eigenvalue weighted by atomic mass is 10.1. The minimum Gasteiger partial charge on any atom is -0.410 e. The maximum absolute atomic E-state index is 12.6. The summed E-state index contributed by atoms with van der Waals surface area (Å²) >= 11 is 0. The molecule has 4 rings (SSSR count). The van der Waals surface area contributed by atoms with Gasteiger partial charge in [-0.2, -0.15) is 0 Å². The molecule has 2 amide bonds. The molecule has 0 atom stereocenters. The van der Waals surface area contributed by atoms with Crippen molar-refractivity contribution in [1.29, 1.82) is 0 Å². The standard InChI is InChI=1S/C27H29N3O3/c1-29(24-8-4-2-5-9-24)27(32)33-25-16-14-23(15-17-25)28-26(31)22-12-10-21(11-13-22)20-30-18-6-3-7-19-30/h2,4-5,8-17H,3,6-7,18-20H2,1H3,(H,28,31). The predicted octanol–water partition coefficient (Wildman–Crippen LogP) is 5.56. The quantitative estimate of drug-likeness (QED) is 0.542. The topological polar surface area (TPSA) is 61.9 Å². The number of hydrogen-bond acceptors (Lipinski definition) is 4. The van der Waals surface area contributed by atoms with Crippen LogP contribution < -0.4 is 15.0 Å². The zero-order valence-electron chi connectivity index (χ0n) is 18.9. The molecule has 0 spiro atoms. The summed E-state index contributed by atoms with van der Waals surface area (Å²) in [5.74, 6) is 0.232. The molecule has 3 aromatic rings. The number of amides is 2. The summed E-state index contributed by atoms with van der Waals surface area (Å²) in [6.45, 7) is 3.23. The number of anilines is 2. The molecule has 1 heterocycles. The van der Waals surface area contributed by atoms with Crippen LogP contribution in [0.4, 0.5) is 16.2 Å². The van der Waals surface area contributed by atoms with Gasteiger partial charge in [0, 0.05) is 30.5 Å². The van der Waals surface area contributed by atoms with E-state index in [1.807, 2.05) is 54.6 Å². The van der Waals surface area contributed by atoms with Crippen molar-refractivity contribution < 1.29 is 14.3 Å². The number of carbonyl (C=O) groups excluding carboxylic acids is 2. The molecule has 6 heteroatoms. The second kappa shape index (κ2) is 10.8. The van der Waals surface area contributed by atoms with Crippen LogP contribution in [0, 0.1) is 0 Å². The monoisotopic (exact) mass is 443 g/mol. The van der Waals surface area contributed by atoms with Gasteiger partial charge in [-0.25, -0.2) is 4.79 Å². The highest BCUT2D eigenvalue weighted by molar-refractivity contribution is 6.04. The smallest absolute Gasteiger partial charge is 0.410 e. The van der Waals surface area contributed by atoms with Crippen molar-refractivity contribution in [2.24, 2.45) is 0 Å². The number of rotatable bonds is 6. The third-order valence-electron chi connectivity index (χ3n) is 5.81. The highest BCUT2D eigenvalue weighted by atomic mass is 16.6. The Morgan fingerprint density at radius 3 is 2.21 bits per heavy atom. The summed E-state index contributed by atoms with van der Waals surface area (Å²) in [6.07, 6.45) is 3.37. The Morgan fingerprint density at radius 1 is 0.879 bits per heavy atom. The van der Waals surface area contributed by atoms with Gasteiger partial charge in [-0.1, -0.05) is 36.8 Å². The van der Waals surface area contributed by atoms with Crippen LogP contribution >= 0.6 is 0 Å². The number of benzene rings is 3. The van der Waals surface area contributed by atoms with Crippen molar-refractivity contribution in [2.45, 2.75) is 25.8 Å². The Morgan fingerprint density at radius 2 is 1.55 bits per heavy atom. The van der Waals surface area contributed by atoms with Crippen molar-refractivity contribution in [2.75, 3.05) is 30.4 Å². The molecule has 0 bridgehead atoms. The maximum Gasteiger partial charge on any atom is 0.419 e. The number of nitrogens with one attached hydrogen (secondary N) is 1. The minimum atomic E-state index is -0.484. The number of para-hydroxylation sites is 1. The molecule has 0 saturated carbocycles. The number of hydrogen-bond donors (Lipinski definition) is 1. The largest absolute Gasteiger partial charge is 0.419 e. The fourth-order valence-corrected chi connectivity index (χ4v) is 3.87. The average molecular weight is 444 g/mol. The summed E-state index contributed by atoms with van der Waals surface area (Å²) in [7, 11) is 1.66. The van der Waals surface area contributed by atoms with Gasteiger partial charge in [0.05, 0.1) is 0 Å². The van der Waals surface area contributed by atoms with Gasteiger partial charge >= 0.3 is 6.09 Å². The van der Waals surface area contributed by atoms with Crippen molar-refractivity contribution in [1.82, 2.24) is 4.90 Å². The first-order valence-electron chi connectivity index (χ1n) is 11.3. The van der Waals surface area contributed by atoms with Crippen LogP contribution in [0.5, 0.6) is 5.75 Å². The number of nitrogens with zero attached hydrogens (tertiary/aromatic N) is 2. The van der Waals surface area contributed by atoms with Crippen LogP contribution in [0.3, 0.4) is 0 Å². The maximum atomic E-state index is 12.6. The Kier molecular flexibility index (Phi) is 7.37. The number of likely N-dealkylation sites (tertiary alicyclic amines) is 1. The molecule has 33 heavy (non-hydrogen) atoms. The van der Waals surface area contributed by atoms with Crippen LogP contribution in [0.1, 0.15) is 35.2 Å². The summed E-state index contributed by atoms with van der Waals surface area (Å²) in [4.78, 5) is 28.9. The van der Waals surface area contributed by atoms with E-state index in [0.717, 1.165) is 25.3 Å². The van der Waals surface area contributed by atoms with E-state index in [0.29, 0.717) is 17.0 Å². The van der Waals surface area contributed by atoms with Gasteiger partial charge in [0.15, 0.2) is 0 Å². The molecule has 1 aliphatic heterocycles. The van der Waals surface area contributed by atoms with E-state index in [2.05, 4.69) is 10.2 Å². The first-order chi connectivity index (χ1) is 16.1. The van der Waals surface area contributed by atoms with E-state index in [1.165, 1.54) is 29.7 Å². The van der Waals surface area contributed by atoms with Crippen LogP contribution in [-0.2, 0) is 6.54 Å². The molecule has 0 radical (unpaired) electrons. The molecule has 1 aliphatic rings. The average Bonchev–Trinajstić information content (AvgIpc) is 2.86. The van der Waals surface area contributed by atoms with Gasteiger partial charge in [-0.15, -0.1) is 0 Å². The number of carbonyl (C=O) groups is 2. The second-order valence-electron chi connectivity index (χ2n) is 8.27. The Hall–Kier alpha value is -3.64. The zero-order valence-corrected chi connectivity index (χ0v) is 18.9. The van der Waals surface area contributed by atoms with Gasteiger partial charge in [0.2, 0.25) is 0 Å². The SMILES string of the molecule is CN(C(=O)Oc1ccc(NC(=O)c2ccc(CN3CCCCC3)cc2)cc1)c1ccccc1. The first kappa shape index (κ1) is 22.6. The Balaban J connectivity index is 1.30. The van der Waals surface area contributed by atoms with Crippen molar-refractivity contribution in [3.05, 3.63) is 90.0 Å². The lowest BCUT2D eigenvalue weighted by molar-refractivity contribution is 0.102. The normalized spacial score (nSPS) is 13.8. The minimum absolute atomic E-state index is 0.173. The molecule has 0 unspecified atom stereocenters. The van der Waals surface area contributed by atoms with Crippen LogP contribution in [0.25, 0.3) is 0 Å². The third kappa shape index (κ3) is 6.20. The molecular weight excluding hydrogens is 414 g/mol. The van der Waals surface area contributed by atoms with Gasteiger partial charge < -0.3 is 10.1 Å². The van der Waals surface area contributed by atoms with Gasteiger partial charge in [-0.3, -0.25) is 14.6 Å². The molecule has 1 saturated heterocycles. The second-order valence-corrected chi connectivity index (χ2v) is 8.27. The highest BCUT2D eigenvalue weighted by Crippen LogP contribution is 2.20. The lowest BCUT2D eigenvalue weighted by Gasteiger charge is -2.26. The van der Waals surface area contributed by atoms with Gasteiger partial charge in [-0.05, 0) is 80.0 Å². The fourth-order valence-electron chi connectivity index (χ4n) is 3.87. The molecule has 170 valence electrons. The Bertz CT molecular complexity index is 1060. The molecule has 0 aromatic heterocycles. The zero-order chi connectivity index (χ0) is 23.0. The molecule has 6 nitrogen and oxygen atoms in total. The van der Waals surface area contributed by atoms with E-state index < -0.39 is 6.09 Å². The van der Waals surface area contributed by atoms with Crippen molar-refractivity contribution in [3.63, 3.8) is 0 Å². The van der Waals surface area contributed by atoms with E-state index in [-0.39, 0.29) is 5.91 Å². The highest BCUT2D eigenvalue weighted by Gasteiger charge is 2.14. The van der Waals surface area contributed by atoms with Crippen LogP contribution in [0.15, 0.2) is 78.9 Å². The molecule has 1 N–H and O–H groups in total. The van der Waals surface area contributed by atoms with E-state index >= 15 is 0 Å². The van der Waals surface area contributed by atoms with E-state index in [9.17, 15) is 9.59 Å². The van der Waals surface area contributed by atoms with Crippen LogP contribution in [-0.4, -0.2) is 37.0 Å². The van der Waals surface area contributed by atoms with Crippen LogP contribution in [0.2, 0.25) is 0 Å². The number of piperidine rings is 1. The summed E-state index contributed by atoms with van der Waals surface area (Å²) in [5, 5.41) is 2.89. The molecule has 0 aliphatic carbocycles. The van der Waals surface area contributed by atoms with Crippen molar-refractivity contribution in [3.8, 4) is 5.75 Å². The molecule has 3 aromatic carbocycles.